The second kappa shape index (κ2) is 11.1. The van der Waals surface area contributed by atoms with Gasteiger partial charge in [0.05, 0.1) is 43.7 Å². The highest BCUT2D eigenvalue weighted by Gasteiger charge is 2.53. The van der Waals surface area contributed by atoms with Crippen LogP contribution in [0.4, 0.5) is 0 Å². The molecule has 1 aliphatic heterocycles. The van der Waals surface area contributed by atoms with Crippen LogP contribution >= 0.6 is 23.2 Å². The number of piperidine rings is 1. The van der Waals surface area contributed by atoms with Crippen molar-refractivity contribution >= 4 is 35.1 Å². The summed E-state index contributed by atoms with van der Waals surface area (Å²) in [5, 5.41) is 21.6. The Morgan fingerprint density at radius 1 is 1.18 bits per heavy atom. The molecular formula is C26H31Cl2NO5. The molecule has 0 bridgehead atoms. The molecule has 6 nitrogen and oxygen atoms in total. The van der Waals surface area contributed by atoms with E-state index in [-0.39, 0.29) is 18.2 Å². The molecular weight excluding hydrogens is 477 g/mol. The Kier molecular flexibility index (Phi) is 8.63. The number of aliphatic hydroxyl groups excluding tert-OH is 2. The quantitative estimate of drug-likeness (QED) is 0.503. The van der Waals surface area contributed by atoms with Crippen LogP contribution in [0.2, 0.25) is 10.0 Å². The topological polar surface area (TPSA) is 87.1 Å². The van der Waals surface area contributed by atoms with E-state index >= 15 is 0 Å². The Morgan fingerprint density at radius 2 is 1.85 bits per heavy atom. The number of ether oxygens (including phenoxy) is 1. The van der Waals surface area contributed by atoms with Crippen molar-refractivity contribution in [2.75, 3.05) is 13.7 Å². The fourth-order valence-electron chi connectivity index (χ4n) is 5.08. The molecule has 0 aliphatic carbocycles. The molecule has 0 saturated carbocycles. The number of hydrogen-bond donors (Lipinski definition) is 2. The van der Waals surface area contributed by atoms with Gasteiger partial charge in [-0.15, -0.1) is 0 Å². The van der Waals surface area contributed by atoms with Gasteiger partial charge in [-0.25, -0.2) is 0 Å². The van der Waals surface area contributed by atoms with E-state index in [1.807, 2.05) is 37.3 Å². The Balaban J connectivity index is 2.25. The Bertz CT molecular complexity index is 1010. The SMILES string of the molecule is CCC(C(O)CO)N1C(=O)C(C)(CC(=O)OC)CC(c2cccc(Cl)c2)C1c1ccc(Cl)cc1. The second-order valence-corrected chi connectivity index (χ2v) is 9.99. The minimum absolute atomic E-state index is 0.102. The highest BCUT2D eigenvalue weighted by atomic mass is 35.5. The Labute approximate surface area is 210 Å². The number of nitrogens with zero attached hydrogens (tertiary/aromatic N) is 1. The summed E-state index contributed by atoms with van der Waals surface area (Å²) >= 11 is 12.5. The maximum atomic E-state index is 14.1. The molecule has 5 unspecified atom stereocenters. The van der Waals surface area contributed by atoms with E-state index in [0.29, 0.717) is 22.9 Å². The zero-order chi connectivity index (χ0) is 25.0. The highest BCUT2D eigenvalue weighted by Crippen LogP contribution is 2.52. The van der Waals surface area contributed by atoms with Gasteiger partial charge >= 0.3 is 5.97 Å². The largest absolute Gasteiger partial charge is 0.469 e. The second-order valence-electron chi connectivity index (χ2n) is 9.11. The summed E-state index contributed by atoms with van der Waals surface area (Å²) in [6.45, 7) is 3.12. The van der Waals surface area contributed by atoms with E-state index < -0.39 is 36.2 Å². The van der Waals surface area contributed by atoms with Crippen LogP contribution in [-0.4, -0.2) is 52.9 Å². The lowest BCUT2D eigenvalue weighted by molar-refractivity contribution is -0.165. The maximum Gasteiger partial charge on any atom is 0.306 e. The van der Waals surface area contributed by atoms with Crippen molar-refractivity contribution in [2.24, 2.45) is 5.41 Å². The lowest BCUT2D eigenvalue weighted by Gasteiger charge is -2.52. The van der Waals surface area contributed by atoms with E-state index in [1.54, 1.807) is 30.0 Å². The van der Waals surface area contributed by atoms with Crippen LogP contribution in [0, 0.1) is 5.41 Å². The molecule has 184 valence electrons. The molecule has 5 atom stereocenters. The minimum Gasteiger partial charge on any atom is -0.469 e. The van der Waals surface area contributed by atoms with Gasteiger partial charge in [0.15, 0.2) is 0 Å². The molecule has 1 aliphatic rings. The monoisotopic (exact) mass is 507 g/mol. The van der Waals surface area contributed by atoms with E-state index in [0.717, 1.165) is 11.1 Å². The third-order valence-electron chi connectivity index (χ3n) is 6.76. The minimum atomic E-state index is -1.15. The van der Waals surface area contributed by atoms with E-state index in [1.165, 1.54) is 7.11 Å². The molecule has 1 heterocycles. The van der Waals surface area contributed by atoms with Gasteiger partial charge in [-0.3, -0.25) is 9.59 Å². The molecule has 0 aromatic heterocycles. The van der Waals surface area contributed by atoms with Gasteiger partial charge in [0.1, 0.15) is 0 Å². The number of likely N-dealkylation sites (tertiary alicyclic amines) is 1. The average molecular weight is 508 g/mol. The number of rotatable bonds is 8. The molecule has 2 N–H and O–H groups in total. The first-order chi connectivity index (χ1) is 16.1. The van der Waals surface area contributed by atoms with Gasteiger partial charge in [0.25, 0.3) is 0 Å². The summed E-state index contributed by atoms with van der Waals surface area (Å²) in [7, 11) is 1.30. The number of halogens is 2. The zero-order valence-corrected chi connectivity index (χ0v) is 21.1. The van der Waals surface area contributed by atoms with Crippen molar-refractivity contribution in [3.63, 3.8) is 0 Å². The molecule has 2 aromatic carbocycles. The number of esters is 1. The maximum absolute atomic E-state index is 14.1. The Morgan fingerprint density at radius 3 is 2.41 bits per heavy atom. The van der Waals surface area contributed by atoms with Crippen molar-refractivity contribution in [1.29, 1.82) is 0 Å². The number of methoxy groups -OCH3 is 1. The summed E-state index contributed by atoms with van der Waals surface area (Å²) in [6.07, 6.45) is -0.469. The zero-order valence-electron chi connectivity index (χ0n) is 19.6. The molecule has 8 heteroatoms. The summed E-state index contributed by atoms with van der Waals surface area (Å²) in [5.74, 6) is -0.996. The van der Waals surface area contributed by atoms with Crippen LogP contribution in [0.15, 0.2) is 48.5 Å². The lowest BCUT2D eigenvalue weighted by Crippen LogP contribution is -2.59. The molecule has 1 amide bonds. The van der Waals surface area contributed by atoms with Crippen LogP contribution in [-0.2, 0) is 14.3 Å². The van der Waals surface area contributed by atoms with Crippen molar-refractivity contribution in [1.82, 2.24) is 4.90 Å². The molecule has 0 radical (unpaired) electrons. The molecule has 3 rings (SSSR count). The smallest absolute Gasteiger partial charge is 0.306 e. The molecule has 1 saturated heterocycles. The first kappa shape index (κ1) is 26.5. The first-order valence-electron chi connectivity index (χ1n) is 11.3. The van der Waals surface area contributed by atoms with Crippen molar-refractivity contribution in [3.8, 4) is 0 Å². The number of hydrogen-bond acceptors (Lipinski definition) is 5. The third-order valence-corrected chi connectivity index (χ3v) is 7.25. The number of carbonyl (C=O) groups is 2. The van der Waals surface area contributed by atoms with Gasteiger partial charge in [-0.1, -0.05) is 61.3 Å². The van der Waals surface area contributed by atoms with Crippen molar-refractivity contribution < 1.29 is 24.5 Å². The summed E-state index contributed by atoms with van der Waals surface area (Å²) in [4.78, 5) is 28.1. The highest BCUT2D eigenvalue weighted by molar-refractivity contribution is 6.30. The van der Waals surface area contributed by atoms with Crippen molar-refractivity contribution in [3.05, 3.63) is 69.7 Å². The first-order valence-corrected chi connectivity index (χ1v) is 12.1. The van der Waals surface area contributed by atoms with E-state index in [2.05, 4.69) is 0 Å². The molecule has 0 spiro atoms. The predicted octanol–water partition coefficient (Wildman–Crippen LogP) is 4.75. The van der Waals surface area contributed by atoms with Crippen LogP contribution < -0.4 is 0 Å². The van der Waals surface area contributed by atoms with Gasteiger partial charge in [0.2, 0.25) is 5.91 Å². The summed E-state index contributed by atoms with van der Waals surface area (Å²) < 4.78 is 4.91. The third kappa shape index (κ3) is 5.41. The van der Waals surface area contributed by atoms with Gasteiger partial charge < -0.3 is 19.8 Å². The Hall–Kier alpha value is -2.12. The molecule has 1 fully saturated rings. The van der Waals surface area contributed by atoms with Gasteiger partial charge in [0, 0.05) is 16.0 Å². The number of aliphatic hydroxyl groups is 2. The van der Waals surface area contributed by atoms with Crippen LogP contribution in [0.1, 0.15) is 56.2 Å². The lowest BCUT2D eigenvalue weighted by atomic mass is 9.66. The number of amides is 1. The fourth-order valence-corrected chi connectivity index (χ4v) is 5.40. The summed E-state index contributed by atoms with van der Waals surface area (Å²) in [6, 6.07) is 13.6. The van der Waals surface area contributed by atoms with Crippen molar-refractivity contribution in [2.45, 2.75) is 57.2 Å². The van der Waals surface area contributed by atoms with Crippen LogP contribution in [0.25, 0.3) is 0 Å². The normalized spacial score (nSPS) is 24.6. The predicted molar refractivity (Wildman–Crippen MR) is 132 cm³/mol. The average Bonchev–Trinajstić information content (AvgIpc) is 2.82. The number of carbonyl (C=O) groups excluding carboxylic acids is 2. The summed E-state index contributed by atoms with van der Waals surface area (Å²) in [5.41, 5.74) is 0.673. The molecule has 34 heavy (non-hydrogen) atoms. The van der Waals surface area contributed by atoms with E-state index in [9.17, 15) is 19.8 Å². The van der Waals surface area contributed by atoms with E-state index in [4.69, 9.17) is 27.9 Å². The fraction of sp³-hybridized carbons (Fsp3) is 0.462. The van der Waals surface area contributed by atoms with Crippen LogP contribution in [0.3, 0.4) is 0 Å². The standard InChI is InChI=1S/C26H31Cl2NO5/c1-4-21(22(31)15-30)29-24(16-8-10-18(27)11-9-16)20(17-6-5-7-19(28)12-17)13-26(2,25(29)33)14-23(32)34-3/h5-12,20-22,24,30-31H,4,13-15H2,1-3H3. The number of benzene rings is 2. The van der Waals surface area contributed by atoms with Gasteiger partial charge in [-0.05, 0) is 48.2 Å². The molecule has 2 aromatic rings. The van der Waals surface area contributed by atoms with Crippen LogP contribution in [0.5, 0.6) is 0 Å². The van der Waals surface area contributed by atoms with Gasteiger partial charge in [-0.2, -0.15) is 0 Å².